The molecule has 1 saturated carbocycles. The van der Waals surface area contributed by atoms with Gasteiger partial charge in [-0.1, -0.05) is 0 Å². The molecule has 0 aliphatic heterocycles. The van der Waals surface area contributed by atoms with Crippen LogP contribution in [0.5, 0.6) is 5.75 Å². The van der Waals surface area contributed by atoms with Crippen molar-refractivity contribution in [3.63, 3.8) is 0 Å². The summed E-state index contributed by atoms with van der Waals surface area (Å²) < 4.78 is 19.6. The van der Waals surface area contributed by atoms with Gasteiger partial charge in [0.25, 0.3) is 0 Å². The maximum absolute atomic E-state index is 13.8. The number of ether oxygens (including phenoxy) is 1. The van der Waals surface area contributed by atoms with Crippen LogP contribution in [0.1, 0.15) is 36.9 Å². The van der Waals surface area contributed by atoms with E-state index >= 15 is 0 Å². The van der Waals surface area contributed by atoms with Crippen molar-refractivity contribution in [2.24, 2.45) is 0 Å². The normalized spacial score (nSPS) is 22.8. The number of aromatic nitrogens is 1. The van der Waals surface area contributed by atoms with Crippen molar-refractivity contribution >= 4 is 0 Å². The van der Waals surface area contributed by atoms with Crippen LogP contribution in [0.15, 0.2) is 6.20 Å². The minimum Gasteiger partial charge on any atom is -0.488 e. The number of hydrogen-bond acceptors (Lipinski definition) is 4. The van der Waals surface area contributed by atoms with Crippen LogP contribution >= 0.6 is 0 Å². The minimum atomic E-state index is -0.580. The topological polar surface area (TPSA) is 57.9 Å². The van der Waals surface area contributed by atoms with Crippen molar-refractivity contribution in [3.8, 4) is 11.8 Å². The van der Waals surface area contributed by atoms with Crippen LogP contribution in [0.4, 0.5) is 4.39 Å². The Morgan fingerprint density at radius 3 is 2.68 bits per heavy atom. The maximum atomic E-state index is 13.8. The molecule has 0 radical (unpaired) electrons. The fourth-order valence-corrected chi connectivity index (χ4v) is 2.41. The van der Waals surface area contributed by atoms with Crippen LogP contribution in [0.3, 0.4) is 0 Å². The smallest absolute Gasteiger partial charge is 0.176 e. The first-order chi connectivity index (χ1) is 9.15. The van der Waals surface area contributed by atoms with Gasteiger partial charge in [0.1, 0.15) is 11.8 Å². The number of nitrogens with one attached hydrogen (secondary N) is 1. The summed E-state index contributed by atoms with van der Waals surface area (Å²) in [5.74, 6) is -0.131. The Hall–Kier alpha value is -1.67. The number of hydrogen-bond donors (Lipinski definition) is 1. The van der Waals surface area contributed by atoms with Gasteiger partial charge in [0.05, 0.1) is 12.3 Å². The Bertz CT molecular complexity index is 490. The molecule has 0 bridgehead atoms. The van der Waals surface area contributed by atoms with Gasteiger partial charge in [-0.2, -0.15) is 5.26 Å². The van der Waals surface area contributed by atoms with E-state index in [4.69, 9.17) is 10.00 Å². The molecule has 0 amide bonds. The lowest BCUT2D eigenvalue weighted by atomic mass is 9.93. The molecular weight excluding hydrogens is 245 g/mol. The van der Waals surface area contributed by atoms with Gasteiger partial charge in [0.15, 0.2) is 11.5 Å². The average Bonchev–Trinajstić information content (AvgIpc) is 2.45. The SMILES string of the molecule is CNC1CCC(Oc2cnc(C#N)c(F)c2C)CC1. The molecule has 19 heavy (non-hydrogen) atoms. The van der Waals surface area contributed by atoms with E-state index in [9.17, 15) is 4.39 Å². The zero-order valence-electron chi connectivity index (χ0n) is 11.2. The van der Waals surface area contributed by atoms with E-state index < -0.39 is 5.82 Å². The lowest BCUT2D eigenvalue weighted by Crippen LogP contribution is -2.34. The van der Waals surface area contributed by atoms with Gasteiger partial charge in [0.2, 0.25) is 0 Å². The molecule has 102 valence electrons. The van der Waals surface area contributed by atoms with Crippen molar-refractivity contribution < 1.29 is 9.13 Å². The molecule has 0 spiro atoms. The fraction of sp³-hybridized carbons (Fsp3) is 0.571. The quantitative estimate of drug-likeness (QED) is 0.909. The zero-order chi connectivity index (χ0) is 13.8. The average molecular weight is 263 g/mol. The lowest BCUT2D eigenvalue weighted by molar-refractivity contribution is 0.139. The molecule has 1 aliphatic carbocycles. The number of halogens is 1. The summed E-state index contributed by atoms with van der Waals surface area (Å²) in [6.07, 6.45) is 5.58. The molecule has 0 unspecified atom stereocenters. The highest BCUT2D eigenvalue weighted by atomic mass is 19.1. The summed E-state index contributed by atoms with van der Waals surface area (Å²) in [7, 11) is 1.97. The number of nitriles is 1. The van der Waals surface area contributed by atoms with Gasteiger partial charge in [-0.25, -0.2) is 9.37 Å². The summed E-state index contributed by atoms with van der Waals surface area (Å²) in [6, 6.07) is 2.28. The van der Waals surface area contributed by atoms with Crippen LogP contribution in [0, 0.1) is 24.1 Å². The highest BCUT2D eigenvalue weighted by Gasteiger charge is 2.22. The molecular formula is C14H18FN3O. The van der Waals surface area contributed by atoms with Crippen molar-refractivity contribution in [2.45, 2.75) is 44.8 Å². The summed E-state index contributed by atoms with van der Waals surface area (Å²) in [4.78, 5) is 3.78. The third kappa shape index (κ3) is 3.02. The van der Waals surface area contributed by atoms with E-state index in [1.807, 2.05) is 7.05 Å². The summed E-state index contributed by atoms with van der Waals surface area (Å²) in [5.41, 5.74) is 0.186. The first-order valence-electron chi connectivity index (χ1n) is 6.54. The predicted molar refractivity (Wildman–Crippen MR) is 69.4 cm³/mol. The van der Waals surface area contributed by atoms with E-state index in [1.165, 1.54) is 6.20 Å². The number of pyridine rings is 1. The van der Waals surface area contributed by atoms with Gasteiger partial charge in [0, 0.05) is 11.6 Å². The highest BCUT2D eigenvalue weighted by molar-refractivity contribution is 5.37. The van der Waals surface area contributed by atoms with Crippen LogP contribution in [0.25, 0.3) is 0 Å². The molecule has 2 rings (SSSR count). The monoisotopic (exact) mass is 263 g/mol. The molecule has 4 nitrogen and oxygen atoms in total. The molecule has 0 aromatic carbocycles. The summed E-state index contributed by atoms with van der Waals surface area (Å²) >= 11 is 0. The van der Waals surface area contributed by atoms with E-state index in [-0.39, 0.29) is 11.8 Å². The van der Waals surface area contributed by atoms with Gasteiger partial charge in [-0.05, 0) is 39.7 Å². The van der Waals surface area contributed by atoms with Crippen molar-refractivity contribution in [1.29, 1.82) is 5.26 Å². The largest absolute Gasteiger partial charge is 0.488 e. The van der Waals surface area contributed by atoms with Crippen LogP contribution in [-0.2, 0) is 0 Å². The van der Waals surface area contributed by atoms with Crippen molar-refractivity contribution in [3.05, 3.63) is 23.3 Å². The third-order valence-electron chi connectivity index (χ3n) is 3.70. The van der Waals surface area contributed by atoms with E-state index in [1.54, 1.807) is 13.0 Å². The van der Waals surface area contributed by atoms with E-state index in [0.717, 1.165) is 25.7 Å². The highest BCUT2D eigenvalue weighted by Crippen LogP contribution is 2.27. The number of nitrogens with zero attached hydrogens (tertiary/aromatic N) is 2. The second-order valence-electron chi connectivity index (χ2n) is 4.90. The predicted octanol–water partition coefficient (Wildman–Crippen LogP) is 2.31. The zero-order valence-corrected chi connectivity index (χ0v) is 11.2. The van der Waals surface area contributed by atoms with E-state index in [0.29, 0.717) is 17.4 Å². The van der Waals surface area contributed by atoms with Gasteiger partial charge >= 0.3 is 0 Å². The summed E-state index contributed by atoms with van der Waals surface area (Å²) in [6.45, 7) is 1.62. The second kappa shape index (κ2) is 5.98. The molecule has 0 atom stereocenters. The van der Waals surface area contributed by atoms with Crippen molar-refractivity contribution in [2.75, 3.05) is 7.05 Å². The maximum Gasteiger partial charge on any atom is 0.176 e. The van der Waals surface area contributed by atoms with E-state index in [2.05, 4.69) is 10.3 Å². The van der Waals surface area contributed by atoms with Gasteiger partial charge < -0.3 is 10.1 Å². The first kappa shape index (κ1) is 13.8. The Morgan fingerprint density at radius 2 is 2.11 bits per heavy atom. The minimum absolute atomic E-state index is 0.109. The summed E-state index contributed by atoms with van der Waals surface area (Å²) in [5, 5.41) is 12.0. The second-order valence-corrected chi connectivity index (χ2v) is 4.90. The molecule has 1 aromatic rings. The van der Waals surface area contributed by atoms with Gasteiger partial charge in [-0.15, -0.1) is 0 Å². The van der Waals surface area contributed by atoms with Crippen LogP contribution < -0.4 is 10.1 Å². The third-order valence-corrected chi connectivity index (χ3v) is 3.70. The Labute approximate surface area is 112 Å². The standard InChI is InChI=1S/C14H18FN3O/c1-9-13(8-18-12(7-16)14(9)15)19-11-5-3-10(17-2)4-6-11/h8,10-11,17H,3-6H2,1-2H3. The van der Waals surface area contributed by atoms with Crippen molar-refractivity contribution in [1.82, 2.24) is 10.3 Å². The molecule has 1 aromatic heterocycles. The fourth-order valence-electron chi connectivity index (χ4n) is 2.41. The molecule has 1 fully saturated rings. The lowest BCUT2D eigenvalue weighted by Gasteiger charge is -2.29. The molecule has 1 aliphatic rings. The Balaban J connectivity index is 2.05. The molecule has 1 heterocycles. The van der Waals surface area contributed by atoms with Crippen LogP contribution in [-0.4, -0.2) is 24.2 Å². The Morgan fingerprint density at radius 1 is 1.42 bits per heavy atom. The molecule has 0 saturated heterocycles. The van der Waals surface area contributed by atoms with Gasteiger partial charge in [-0.3, -0.25) is 0 Å². The molecule has 1 N–H and O–H groups in total. The first-order valence-corrected chi connectivity index (χ1v) is 6.54. The Kier molecular flexibility index (Phi) is 4.33. The van der Waals surface area contributed by atoms with Crippen LogP contribution in [0.2, 0.25) is 0 Å². The number of rotatable bonds is 3. The molecule has 5 heteroatoms.